The SMILES string of the molecule is C=Cc1cncc(N2C[C@H]3CCN(C(=O)OC(C)(C)C)[C@H]3C2)c1. The number of rotatable bonds is 2. The van der Waals surface area contributed by atoms with Crippen molar-refractivity contribution in [3.63, 3.8) is 0 Å². The lowest BCUT2D eigenvalue weighted by molar-refractivity contribution is 0.0229. The van der Waals surface area contributed by atoms with Crippen molar-refractivity contribution in [2.75, 3.05) is 24.5 Å². The van der Waals surface area contributed by atoms with Crippen molar-refractivity contribution in [3.05, 3.63) is 30.6 Å². The predicted octanol–water partition coefficient (Wildman–Crippen LogP) is 3.17. The molecule has 5 heteroatoms. The van der Waals surface area contributed by atoms with Crippen LogP contribution in [0.4, 0.5) is 10.5 Å². The highest BCUT2D eigenvalue weighted by molar-refractivity contribution is 5.69. The number of anilines is 1. The lowest BCUT2D eigenvalue weighted by Crippen LogP contribution is -2.42. The zero-order valence-corrected chi connectivity index (χ0v) is 14.2. The summed E-state index contributed by atoms with van der Waals surface area (Å²) in [6.45, 7) is 12.1. The number of carbonyl (C=O) groups excluding carboxylic acids is 1. The molecule has 1 aromatic heterocycles. The number of carbonyl (C=O) groups is 1. The van der Waals surface area contributed by atoms with Crippen molar-refractivity contribution >= 4 is 17.9 Å². The standard InChI is InChI=1S/C18H25N3O2/c1-5-13-8-15(10-19-9-13)20-11-14-6-7-21(16(14)12-20)17(22)23-18(2,3)4/h5,8-10,14,16H,1,6-7,11-12H2,2-4H3/t14-,16+/m1/s1. The Morgan fingerprint density at radius 3 is 2.87 bits per heavy atom. The van der Waals surface area contributed by atoms with Gasteiger partial charge in [-0.25, -0.2) is 4.79 Å². The number of likely N-dealkylation sites (tertiary alicyclic amines) is 1. The summed E-state index contributed by atoms with van der Waals surface area (Å²) in [5, 5.41) is 0. The number of hydrogen-bond donors (Lipinski definition) is 0. The Morgan fingerprint density at radius 1 is 1.39 bits per heavy atom. The molecule has 3 heterocycles. The van der Waals surface area contributed by atoms with E-state index in [9.17, 15) is 4.79 Å². The molecule has 0 unspecified atom stereocenters. The summed E-state index contributed by atoms with van der Waals surface area (Å²) in [7, 11) is 0. The van der Waals surface area contributed by atoms with Crippen LogP contribution in [0.5, 0.6) is 0 Å². The zero-order valence-electron chi connectivity index (χ0n) is 14.2. The van der Waals surface area contributed by atoms with Crippen LogP contribution in [0.3, 0.4) is 0 Å². The monoisotopic (exact) mass is 315 g/mol. The summed E-state index contributed by atoms with van der Waals surface area (Å²) in [5.41, 5.74) is 1.67. The van der Waals surface area contributed by atoms with E-state index in [-0.39, 0.29) is 12.1 Å². The van der Waals surface area contributed by atoms with Crippen molar-refractivity contribution in [1.82, 2.24) is 9.88 Å². The highest BCUT2D eigenvalue weighted by atomic mass is 16.6. The van der Waals surface area contributed by atoms with E-state index in [1.165, 1.54) is 0 Å². The quantitative estimate of drug-likeness (QED) is 0.841. The largest absolute Gasteiger partial charge is 0.444 e. The molecule has 0 N–H and O–H groups in total. The van der Waals surface area contributed by atoms with Crippen LogP contribution in [-0.2, 0) is 4.74 Å². The number of ether oxygens (including phenoxy) is 1. The van der Waals surface area contributed by atoms with Gasteiger partial charge in [-0.2, -0.15) is 0 Å². The second-order valence-electron chi connectivity index (χ2n) is 7.38. The number of amides is 1. The number of nitrogens with zero attached hydrogens (tertiary/aromatic N) is 3. The van der Waals surface area contributed by atoms with Crippen LogP contribution in [0.25, 0.3) is 6.08 Å². The van der Waals surface area contributed by atoms with Crippen molar-refractivity contribution in [2.45, 2.75) is 38.8 Å². The minimum atomic E-state index is -0.449. The van der Waals surface area contributed by atoms with E-state index in [1.807, 2.05) is 31.9 Å². The van der Waals surface area contributed by atoms with Gasteiger partial charge in [-0.05, 0) is 38.8 Å². The maximum absolute atomic E-state index is 12.4. The molecule has 0 saturated carbocycles. The van der Waals surface area contributed by atoms with Gasteiger partial charge in [-0.1, -0.05) is 12.7 Å². The van der Waals surface area contributed by atoms with E-state index < -0.39 is 5.60 Å². The first-order valence-electron chi connectivity index (χ1n) is 8.19. The Balaban J connectivity index is 1.71. The molecule has 3 rings (SSSR count). The molecule has 1 aromatic rings. The first-order valence-corrected chi connectivity index (χ1v) is 8.19. The van der Waals surface area contributed by atoms with E-state index in [0.717, 1.165) is 37.3 Å². The molecule has 5 nitrogen and oxygen atoms in total. The predicted molar refractivity (Wildman–Crippen MR) is 91.4 cm³/mol. The molecule has 0 bridgehead atoms. The average Bonchev–Trinajstić information content (AvgIpc) is 3.05. The molecule has 2 atom stereocenters. The van der Waals surface area contributed by atoms with Gasteiger partial charge in [0.05, 0.1) is 17.9 Å². The topological polar surface area (TPSA) is 45.7 Å². The van der Waals surface area contributed by atoms with Gasteiger partial charge in [0, 0.05) is 31.7 Å². The Labute approximate surface area is 137 Å². The molecule has 2 aliphatic rings. The minimum Gasteiger partial charge on any atom is -0.444 e. The van der Waals surface area contributed by atoms with Crippen molar-refractivity contribution in [1.29, 1.82) is 0 Å². The molecular weight excluding hydrogens is 290 g/mol. The van der Waals surface area contributed by atoms with Crippen LogP contribution in [0, 0.1) is 5.92 Å². The fourth-order valence-corrected chi connectivity index (χ4v) is 3.45. The van der Waals surface area contributed by atoms with Crippen LogP contribution in [-0.4, -0.2) is 47.3 Å². The molecule has 23 heavy (non-hydrogen) atoms. The van der Waals surface area contributed by atoms with Gasteiger partial charge < -0.3 is 14.5 Å². The second-order valence-corrected chi connectivity index (χ2v) is 7.38. The van der Waals surface area contributed by atoms with E-state index in [0.29, 0.717) is 5.92 Å². The van der Waals surface area contributed by atoms with Gasteiger partial charge in [0.2, 0.25) is 0 Å². The van der Waals surface area contributed by atoms with Crippen LogP contribution in [0.1, 0.15) is 32.8 Å². The highest BCUT2D eigenvalue weighted by Crippen LogP contribution is 2.35. The number of fused-ring (bicyclic) bond motifs is 1. The summed E-state index contributed by atoms with van der Waals surface area (Å²) in [6.07, 6.45) is 6.34. The summed E-state index contributed by atoms with van der Waals surface area (Å²) in [6, 6.07) is 2.33. The summed E-state index contributed by atoms with van der Waals surface area (Å²) in [4.78, 5) is 20.9. The molecule has 0 aromatic carbocycles. The average molecular weight is 315 g/mol. The first-order chi connectivity index (χ1) is 10.9. The molecular formula is C18H25N3O2. The Morgan fingerprint density at radius 2 is 2.17 bits per heavy atom. The normalized spacial score (nSPS) is 23.8. The number of hydrogen-bond acceptors (Lipinski definition) is 4. The molecule has 0 spiro atoms. The summed E-state index contributed by atoms with van der Waals surface area (Å²) in [5.74, 6) is 0.509. The zero-order chi connectivity index (χ0) is 16.6. The molecule has 2 aliphatic heterocycles. The summed E-state index contributed by atoms with van der Waals surface area (Å²) < 4.78 is 5.55. The first kappa shape index (κ1) is 15.8. The van der Waals surface area contributed by atoms with E-state index >= 15 is 0 Å². The van der Waals surface area contributed by atoms with Crippen LogP contribution < -0.4 is 4.90 Å². The van der Waals surface area contributed by atoms with Gasteiger partial charge in [0.15, 0.2) is 0 Å². The van der Waals surface area contributed by atoms with Crippen LogP contribution in [0.15, 0.2) is 25.0 Å². The fourth-order valence-electron chi connectivity index (χ4n) is 3.45. The third-order valence-electron chi connectivity index (χ3n) is 4.52. The van der Waals surface area contributed by atoms with Gasteiger partial charge in [0.25, 0.3) is 0 Å². The van der Waals surface area contributed by atoms with Crippen LogP contribution in [0.2, 0.25) is 0 Å². The second kappa shape index (κ2) is 5.87. The molecule has 2 saturated heterocycles. The lowest BCUT2D eigenvalue weighted by atomic mass is 10.1. The third-order valence-corrected chi connectivity index (χ3v) is 4.52. The van der Waals surface area contributed by atoms with Crippen LogP contribution >= 0.6 is 0 Å². The molecule has 0 aliphatic carbocycles. The summed E-state index contributed by atoms with van der Waals surface area (Å²) >= 11 is 0. The molecule has 2 fully saturated rings. The third kappa shape index (κ3) is 3.33. The fraction of sp³-hybridized carbons (Fsp3) is 0.556. The molecule has 0 radical (unpaired) electrons. The van der Waals surface area contributed by atoms with Gasteiger partial charge in [-0.15, -0.1) is 0 Å². The maximum Gasteiger partial charge on any atom is 0.410 e. The van der Waals surface area contributed by atoms with Crippen molar-refractivity contribution in [3.8, 4) is 0 Å². The van der Waals surface area contributed by atoms with Gasteiger partial charge in [0.1, 0.15) is 5.60 Å². The Bertz CT molecular complexity index is 609. The molecule has 124 valence electrons. The maximum atomic E-state index is 12.4. The Kier molecular flexibility index (Phi) is 4.04. The van der Waals surface area contributed by atoms with E-state index in [1.54, 1.807) is 12.3 Å². The van der Waals surface area contributed by atoms with Crippen molar-refractivity contribution in [2.24, 2.45) is 5.92 Å². The Hall–Kier alpha value is -2.04. The van der Waals surface area contributed by atoms with E-state index in [2.05, 4.69) is 22.5 Å². The molecule has 1 amide bonds. The number of pyridine rings is 1. The van der Waals surface area contributed by atoms with Gasteiger partial charge >= 0.3 is 6.09 Å². The smallest absolute Gasteiger partial charge is 0.410 e. The van der Waals surface area contributed by atoms with Gasteiger partial charge in [-0.3, -0.25) is 4.98 Å². The minimum absolute atomic E-state index is 0.190. The highest BCUT2D eigenvalue weighted by Gasteiger charge is 2.44. The lowest BCUT2D eigenvalue weighted by Gasteiger charge is -2.29. The number of aromatic nitrogens is 1. The van der Waals surface area contributed by atoms with E-state index in [4.69, 9.17) is 4.74 Å². The van der Waals surface area contributed by atoms with Crippen molar-refractivity contribution < 1.29 is 9.53 Å².